The van der Waals surface area contributed by atoms with Crippen molar-refractivity contribution in [2.75, 3.05) is 0 Å². The quantitative estimate of drug-likeness (QED) is 0.473. The van der Waals surface area contributed by atoms with Crippen LogP contribution in [0.1, 0.15) is 5.56 Å². The third-order valence-corrected chi connectivity index (χ3v) is 5.58. The molecule has 1 N–H and O–H groups in total. The fourth-order valence-corrected chi connectivity index (χ4v) is 3.76. The summed E-state index contributed by atoms with van der Waals surface area (Å²) in [7, 11) is -3.79. The molecule has 0 atom stereocenters. The molecule has 0 saturated carbocycles. The molecule has 0 saturated heterocycles. The Balaban J connectivity index is 1.44. The Labute approximate surface area is 170 Å². The molecule has 0 unspecified atom stereocenters. The molecule has 0 bridgehead atoms. The van der Waals surface area contributed by atoms with Crippen LogP contribution in [0.4, 0.5) is 4.39 Å². The van der Waals surface area contributed by atoms with Crippen LogP contribution in [-0.4, -0.2) is 13.4 Å². The molecule has 0 amide bonds. The Bertz CT molecular complexity index is 1370. The fraction of sp³-hybridized carbons (Fsp3) is 0.0476. The third-order valence-electron chi connectivity index (χ3n) is 4.18. The Kier molecular flexibility index (Phi) is 5.30. The highest BCUT2D eigenvalue weighted by Gasteiger charge is 2.15. The molecule has 0 spiro atoms. The van der Waals surface area contributed by atoms with E-state index in [9.17, 15) is 17.6 Å². The zero-order valence-electron chi connectivity index (χ0n) is 15.4. The number of ether oxygens (including phenoxy) is 1. The summed E-state index contributed by atoms with van der Waals surface area (Å²) in [5.41, 5.74) is 0.407. The average molecular weight is 426 g/mol. The standard InChI is InChI=1S/C21H15FN2O5S/c22-16-2-1-3-17(11-16)28-20-8-4-14(12-23-20)13-24-30(26,27)18-6-7-19-15(10-18)5-9-21(25)29-19/h1-12,24H,13H2. The van der Waals surface area contributed by atoms with Crippen LogP contribution in [0.3, 0.4) is 0 Å². The summed E-state index contributed by atoms with van der Waals surface area (Å²) in [6, 6.07) is 15.8. The highest BCUT2D eigenvalue weighted by molar-refractivity contribution is 7.89. The molecular weight excluding hydrogens is 411 g/mol. The Morgan fingerprint density at radius 3 is 2.67 bits per heavy atom. The summed E-state index contributed by atoms with van der Waals surface area (Å²) in [6.45, 7) is 0.0114. The monoisotopic (exact) mass is 426 g/mol. The number of sulfonamides is 1. The SMILES string of the molecule is O=c1ccc2cc(S(=O)(=O)NCc3ccc(Oc4cccc(F)c4)nc3)ccc2o1. The first kappa shape index (κ1) is 19.7. The van der Waals surface area contributed by atoms with Crippen LogP contribution in [0.15, 0.2) is 87.0 Å². The van der Waals surface area contributed by atoms with Crippen LogP contribution in [0, 0.1) is 5.82 Å². The molecule has 0 fully saturated rings. The van der Waals surface area contributed by atoms with Gasteiger partial charge in [-0.05, 0) is 42.0 Å². The maximum atomic E-state index is 13.2. The Morgan fingerprint density at radius 1 is 1.03 bits per heavy atom. The lowest BCUT2D eigenvalue weighted by molar-refractivity contribution is 0.457. The van der Waals surface area contributed by atoms with Crippen LogP contribution in [-0.2, 0) is 16.6 Å². The molecule has 0 aliphatic carbocycles. The average Bonchev–Trinajstić information content (AvgIpc) is 2.73. The smallest absolute Gasteiger partial charge is 0.336 e. The van der Waals surface area contributed by atoms with Crippen LogP contribution >= 0.6 is 0 Å². The third kappa shape index (κ3) is 4.53. The minimum atomic E-state index is -3.79. The number of aromatic nitrogens is 1. The molecule has 30 heavy (non-hydrogen) atoms. The molecule has 0 aliphatic heterocycles. The number of nitrogens with one attached hydrogen (secondary N) is 1. The van der Waals surface area contributed by atoms with E-state index in [0.29, 0.717) is 22.3 Å². The van der Waals surface area contributed by atoms with Crippen molar-refractivity contribution in [3.63, 3.8) is 0 Å². The largest absolute Gasteiger partial charge is 0.439 e. The Hall–Kier alpha value is -3.56. The summed E-state index contributed by atoms with van der Waals surface area (Å²) in [4.78, 5) is 15.4. The summed E-state index contributed by atoms with van der Waals surface area (Å²) >= 11 is 0. The van der Waals surface area contributed by atoms with Gasteiger partial charge in [0.15, 0.2) is 0 Å². The van der Waals surface area contributed by atoms with E-state index < -0.39 is 21.5 Å². The normalized spacial score (nSPS) is 11.5. The van der Waals surface area contributed by atoms with E-state index in [-0.39, 0.29) is 17.3 Å². The first-order chi connectivity index (χ1) is 14.4. The zero-order chi connectivity index (χ0) is 21.1. The molecule has 7 nitrogen and oxygen atoms in total. The summed E-state index contributed by atoms with van der Waals surface area (Å²) in [5.74, 6) is 0.140. The second kappa shape index (κ2) is 8.05. The van der Waals surface area contributed by atoms with Gasteiger partial charge in [-0.2, -0.15) is 0 Å². The van der Waals surface area contributed by atoms with Crippen molar-refractivity contribution in [2.24, 2.45) is 0 Å². The van der Waals surface area contributed by atoms with E-state index in [1.54, 1.807) is 18.2 Å². The molecule has 4 aromatic rings. The number of fused-ring (bicyclic) bond motifs is 1. The number of pyridine rings is 1. The van der Waals surface area contributed by atoms with Gasteiger partial charge in [0.1, 0.15) is 17.1 Å². The maximum Gasteiger partial charge on any atom is 0.336 e. The van der Waals surface area contributed by atoms with Crippen LogP contribution in [0.25, 0.3) is 11.0 Å². The number of benzene rings is 2. The predicted octanol–water partition coefficient (Wildman–Crippen LogP) is 3.60. The van der Waals surface area contributed by atoms with E-state index in [2.05, 4.69) is 9.71 Å². The number of rotatable bonds is 6. The number of halogens is 1. The van der Waals surface area contributed by atoms with Crippen LogP contribution in [0.2, 0.25) is 0 Å². The van der Waals surface area contributed by atoms with Gasteiger partial charge in [-0.3, -0.25) is 0 Å². The van der Waals surface area contributed by atoms with Crippen molar-refractivity contribution in [1.29, 1.82) is 0 Å². The Morgan fingerprint density at radius 2 is 1.90 bits per heavy atom. The van der Waals surface area contributed by atoms with Gasteiger partial charge >= 0.3 is 5.63 Å². The molecule has 2 aromatic carbocycles. The lowest BCUT2D eigenvalue weighted by Gasteiger charge is -2.08. The lowest BCUT2D eigenvalue weighted by atomic mass is 10.2. The second-order valence-electron chi connectivity index (χ2n) is 6.34. The first-order valence-electron chi connectivity index (χ1n) is 8.81. The van der Waals surface area contributed by atoms with Crippen molar-refractivity contribution in [3.05, 3.63) is 94.7 Å². The van der Waals surface area contributed by atoms with Crippen molar-refractivity contribution in [1.82, 2.24) is 9.71 Å². The van der Waals surface area contributed by atoms with Crippen molar-refractivity contribution in [3.8, 4) is 11.6 Å². The van der Waals surface area contributed by atoms with E-state index in [4.69, 9.17) is 9.15 Å². The first-order valence-corrected chi connectivity index (χ1v) is 10.3. The molecular formula is C21H15FN2O5S. The van der Waals surface area contributed by atoms with Gasteiger partial charge in [-0.1, -0.05) is 12.1 Å². The minimum absolute atomic E-state index is 0.0114. The highest BCUT2D eigenvalue weighted by Crippen LogP contribution is 2.21. The molecule has 0 aliphatic rings. The van der Waals surface area contributed by atoms with Crippen molar-refractivity contribution < 1.29 is 22.0 Å². The van der Waals surface area contributed by atoms with Gasteiger partial charge in [0.2, 0.25) is 15.9 Å². The van der Waals surface area contributed by atoms with Gasteiger partial charge in [0, 0.05) is 36.3 Å². The van der Waals surface area contributed by atoms with E-state index >= 15 is 0 Å². The number of hydrogen-bond acceptors (Lipinski definition) is 6. The van der Waals surface area contributed by atoms with Gasteiger partial charge in [-0.25, -0.2) is 27.3 Å². The molecule has 2 heterocycles. The summed E-state index contributed by atoms with van der Waals surface area (Å²) in [6.07, 6.45) is 1.46. The van der Waals surface area contributed by atoms with E-state index in [1.165, 1.54) is 54.7 Å². The summed E-state index contributed by atoms with van der Waals surface area (Å²) < 4.78 is 51.3. The van der Waals surface area contributed by atoms with Crippen LogP contribution in [0.5, 0.6) is 11.6 Å². The highest BCUT2D eigenvalue weighted by atomic mass is 32.2. The number of nitrogens with zero attached hydrogens (tertiary/aromatic N) is 1. The van der Waals surface area contributed by atoms with E-state index in [1.807, 2.05) is 0 Å². The second-order valence-corrected chi connectivity index (χ2v) is 8.11. The molecule has 9 heteroatoms. The number of hydrogen-bond donors (Lipinski definition) is 1. The predicted molar refractivity (Wildman–Crippen MR) is 107 cm³/mol. The van der Waals surface area contributed by atoms with Gasteiger partial charge in [-0.15, -0.1) is 0 Å². The van der Waals surface area contributed by atoms with Crippen molar-refractivity contribution in [2.45, 2.75) is 11.4 Å². The topological polar surface area (TPSA) is 98.5 Å². The maximum absolute atomic E-state index is 13.2. The molecule has 0 radical (unpaired) electrons. The molecule has 2 aromatic heterocycles. The molecule has 4 rings (SSSR count). The van der Waals surface area contributed by atoms with Crippen LogP contribution < -0.4 is 15.1 Å². The van der Waals surface area contributed by atoms with Gasteiger partial charge in [0.25, 0.3) is 0 Å². The van der Waals surface area contributed by atoms with Gasteiger partial charge < -0.3 is 9.15 Å². The van der Waals surface area contributed by atoms with Crippen molar-refractivity contribution >= 4 is 21.0 Å². The fourth-order valence-electron chi connectivity index (χ4n) is 2.71. The van der Waals surface area contributed by atoms with E-state index in [0.717, 1.165) is 0 Å². The minimum Gasteiger partial charge on any atom is -0.439 e. The summed E-state index contributed by atoms with van der Waals surface area (Å²) in [5, 5.41) is 0.498. The zero-order valence-corrected chi connectivity index (χ0v) is 16.2. The van der Waals surface area contributed by atoms with Gasteiger partial charge in [0.05, 0.1) is 4.90 Å². The molecule has 152 valence electrons. The lowest BCUT2D eigenvalue weighted by Crippen LogP contribution is -2.23.